The van der Waals surface area contributed by atoms with Crippen molar-refractivity contribution in [1.29, 1.82) is 0 Å². The van der Waals surface area contributed by atoms with E-state index in [2.05, 4.69) is 15.9 Å². The van der Waals surface area contributed by atoms with Crippen molar-refractivity contribution in [3.8, 4) is 0 Å². The topological polar surface area (TPSA) is 46.2 Å². The van der Waals surface area contributed by atoms with Crippen LogP contribution in [-0.4, -0.2) is 5.11 Å². The van der Waals surface area contributed by atoms with Gasteiger partial charge in [-0.1, -0.05) is 33.6 Å². The summed E-state index contributed by atoms with van der Waals surface area (Å²) in [5.41, 5.74) is 6.77. The smallest absolute Gasteiger partial charge is 0.130 e. The average molecular weight is 331 g/mol. The van der Waals surface area contributed by atoms with Crippen molar-refractivity contribution in [3.05, 3.63) is 62.8 Å². The minimum atomic E-state index is -1.13. The molecule has 0 saturated heterocycles. The van der Waals surface area contributed by atoms with Gasteiger partial charge in [-0.2, -0.15) is 0 Å². The molecule has 0 heterocycles. The molecule has 0 spiro atoms. The standard InChI is InChI=1S/C13H10BrClFNO/c14-7-1-4-12(17)10(5-7)13(18)9-3-2-8(15)6-11(9)16/h1-6,13,18H,17H2. The summed E-state index contributed by atoms with van der Waals surface area (Å²) < 4.78 is 14.5. The lowest BCUT2D eigenvalue weighted by molar-refractivity contribution is 0.215. The Morgan fingerprint density at radius 3 is 2.56 bits per heavy atom. The SMILES string of the molecule is Nc1ccc(Br)cc1C(O)c1ccc(Cl)cc1F. The van der Waals surface area contributed by atoms with E-state index in [9.17, 15) is 9.50 Å². The van der Waals surface area contributed by atoms with Gasteiger partial charge in [-0.25, -0.2) is 4.39 Å². The zero-order valence-corrected chi connectivity index (χ0v) is 11.5. The summed E-state index contributed by atoms with van der Waals surface area (Å²) in [4.78, 5) is 0. The van der Waals surface area contributed by atoms with Crippen LogP contribution in [0.3, 0.4) is 0 Å². The quantitative estimate of drug-likeness (QED) is 0.820. The Bertz CT molecular complexity index is 591. The van der Waals surface area contributed by atoms with Crippen molar-refractivity contribution in [1.82, 2.24) is 0 Å². The summed E-state index contributed by atoms with van der Waals surface area (Å²) in [6, 6.07) is 9.20. The van der Waals surface area contributed by atoms with Crippen molar-refractivity contribution in [2.24, 2.45) is 0 Å². The summed E-state index contributed by atoms with van der Waals surface area (Å²) in [5, 5.41) is 10.5. The zero-order chi connectivity index (χ0) is 13.3. The zero-order valence-electron chi connectivity index (χ0n) is 9.20. The highest BCUT2D eigenvalue weighted by atomic mass is 79.9. The van der Waals surface area contributed by atoms with Gasteiger partial charge in [0.2, 0.25) is 0 Å². The minimum absolute atomic E-state index is 0.143. The van der Waals surface area contributed by atoms with Crippen LogP contribution in [0.15, 0.2) is 40.9 Å². The predicted molar refractivity (Wildman–Crippen MR) is 74.0 cm³/mol. The van der Waals surface area contributed by atoms with Gasteiger partial charge < -0.3 is 10.8 Å². The molecule has 0 aliphatic carbocycles. The summed E-state index contributed by atoms with van der Waals surface area (Å²) in [5.74, 6) is -0.561. The second-order valence-electron chi connectivity index (χ2n) is 3.84. The number of benzene rings is 2. The summed E-state index contributed by atoms with van der Waals surface area (Å²) in [6.07, 6.45) is -1.13. The van der Waals surface area contributed by atoms with E-state index < -0.39 is 11.9 Å². The van der Waals surface area contributed by atoms with Gasteiger partial charge in [0, 0.05) is 26.3 Å². The molecule has 2 aromatic rings. The number of nitrogen functional groups attached to an aromatic ring is 1. The number of hydrogen-bond donors (Lipinski definition) is 2. The van der Waals surface area contributed by atoms with E-state index in [1.807, 2.05) is 0 Å². The summed E-state index contributed by atoms with van der Waals surface area (Å²) in [7, 11) is 0. The Kier molecular flexibility index (Phi) is 3.90. The molecule has 3 N–H and O–H groups in total. The molecular formula is C13H10BrClFNO. The first-order valence-corrected chi connectivity index (χ1v) is 6.34. The molecule has 94 valence electrons. The van der Waals surface area contributed by atoms with Crippen molar-refractivity contribution < 1.29 is 9.50 Å². The van der Waals surface area contributed by atoms with E-state index in [0.29, 0.717) is 11.3 Å². The molecule has 0 saturated carbocycles. The largest absolute Gasteiger partial charge is 0.398 e. The number of rotatable bonds is 2. The van der Waals surface area contributed by atoms with Gasteiger partial charge in [-0.05, 0) is 30.3 Å². The van der Waals surface area contributed by atoms with Gasteiger partial charge in [0.05, 0.1) is 0 Å². The van der Waals surface area contributed by atoms with E-state index in [0.717, 1.165) is 10.5 Å². The molecule has 2 rings (SSSR count). The van der Waals surface area contributed by atoms with E-state index >= 15 is 0 Å². The Hall–Kier alpha value is -1.10. The Morgan fingerprint density at radius 1 is 1.17 bits per heavy atom. The van der Waals surface area contributed by atoms with Crippen LogP contribution in [0, 0.1) is 5.82 Å². The van der Waals surface area contributed by atoms with E-state index in [1.165, 1.54) is 12.1 Å². The first kappa shape index (κ1) is 13.3. The first-order chi connectivity index (χ1) is 8.49. The van der Waals surface area contributed by atoms with Crippen LogP contribution in [0.5, 0.6) is 0 Å². The van der Waals surface area contributed by atoms with Gasteiger partial charge in [0.15, 0.2) is 0 Å². The molecular weight excluding hydrogens is 321 g/mol. The number of hydrogen-bond acceptors (Lipinski definition) is 2. The number of nitrogens with two attached hydrogens (primary N) is 1. The number of halogens is 3. The van der Waals surface area contributed by atoms with Crippen LogP contribution in [-0.2, 0) is 0 Å². The maximum absolute atomic E-state index is 13.7. The lowest BCUT2D eigenvalue weighted by Gasteiger charge is -2.15. The van der Waals surface area contributed by atoms with Gasteiger partial charge in [-0.3, -0.25) is 0 Å². The molecule has 1 unspecified atom stereocenters. The monoisotopic (exact) mass is 329 g/mol. The number of aliphatic hydroxyl groups excluding tert-OH is 1. The van der Waals surface area contributed by atoms with Crippen molar-refractivity contribution in [2.75, 3.05) is 5.73 Å². The van der Waals surface area contributed by atoms with Gasteiger partial charge in [0.1, 0.15) is 11.9 Å². The number of aliphatic hydroxyl groups is 1. The third kappa shape index (κ3) is 2.66. The molecule has 5 heteroatoms. The molecule has 0 bridgehead atoms. The first-order valence-electron chi connectivity index (χ1n) is 5.17. The fourth-order valence-corrected chi connectivity index (χ4v) is 2.21. The van der Waals surface area contributed by atoms with Crippen LogP contribution in [0.4, 0.5) is 10.1 Å². The highest BCUT2D eigenvalue weighted by Gasteiger charge is 2.17. The minimum Gasteiger partial charge on any atom is -0.398 e. The van der Waals surface area contributed by atoms with Crippen LogP contribution in [0.2, 0.25) is 5.02 Å². The molecule has 2 nitrogen and oxygen atoms in total. The maximum atomic E-state index is 13.7. The average Bonchev–Trinajstić information content (AvgIpc) is 2.31. The lowest BCUT2D eigenvalue weighted by Crippen LogP contribution is -2.06. The molecule has 2 aromatic carbocycles. The van der Waals surface area contributed by atoms with Gasteiger partial charge in [-0.15, -0.1) is 0 Å². The molecule has 0 fully saturated rings. The lowest BCUT2D eigenvalue weighted by atomic mass is 10.00. The second kappa shape index (κ2) is 5.26. The third-order valence-electron chi connectivity index (χ3n) is 2.60. The van der Waals surface area contributed by atoms with Crippen LogP contribution in [0.1, 0.15) is 17.2 Å². The maximum Gasteiger partial charge on any atom is 0.130 e. The van der Waals surface area contributed by atoms with Crippen LogP contribution in [0.25, 0.3) is 0 Å². The predicted octanol–water partition coefficient (Wildman–Crippen LogP) is 3.91. The second-order valence-corrected chi connectivity index (χ2v) is 5.19. The van der Waals surface area contributed by atoms with E-state index in [4.69, 9.17) is 17.3 Å². The molecule has 0 aliphatic rings. The van der Waals surface area contributed by atoms with Crippen LogP contribution < -0.4 is 5.73 Å². The summed E-state index contributed by atoms with van der Waals surface area (Å²) >= 11 is 8.96. The Balaban J connectivity index is 2.47. The molecule has 0 amide bonds. The summed E-state index contributed by atoms with van der Waals surface area (Å²) in [6.45, 7) is 0. The molecule has 0 radical (unpaired) electrons. The third-order valence-corrected chi connectivity index (χ3v) is 3.33. The molecule has 0 aliphatic heterocycles. The Morgan fingerprint density at radius 2 is 1.89 bits per heavy atom. The fraction of sp³-hybridized carbons (Fsp3) is 0.0769. The van der Waals surface area contributed by atoms with Crippen molar-refractivity contribution >= 4 is 33.2 Å². The number of anilines is 1. The fourth-order valence-electron chi connectivity index (χ4n) is 1.67. The molecule has 18 heavy (non-hydrogen) atoms. The highest BCUT2D eigenvalue weighted by molar-refractivity contribution is 9.10. The van der Waals surface area contributed by atoms with Crippen molar-refractivity contribution in [2.45, 2.75) is 6.10 Å². The van der Waals surface area contributed by atoms with Gasteiger partial charge in [0.25, 0.3) is 0 Å². The van der Waals surface area contributed by atoms with E-state index in [1.54, 1.807) is 18.2 Å². The molecule has 1 atom stereocenters. The van der Waals surface area contributed by atoms with Crippen LogP contribution >= 0.6 is 27.5 Å². The van der Waals surface area contributed by atoms with Gasteiger partial charge >= 0.3 is 0 Å². The molecule has 0 aromatic heterocycles. The highest BCUT2D eigenvalue weighted by Crippen LogP contribution is 2.31. The van der Waals surface area contributed by atoms with E-state index in [-0.39, 0.29) is 10.6 Å². The normalized spacial score (nSPS) is 12.4. The Labute approximate surface area is 117 Å². The van der Waals surface area contributed by atoms with Crippen molar-refractivity contribution in [3.63, 3.8) is 0 Å².